The van der Waals surface area contributed by atoms with E-state index < -0.39 is 29.5 Å². The van der Waals surface area contributed by atoms with Crippen molar-refractivity contribution in [1.82, 2.24) is 0 Å². The van der Waals surface area contributed by atoms with E-state index in [-0.39, 0.29) is 37.7 Å². The summed E-state index contributed by atoms with van der Waals surface area (Å²) in [6.45, 7) is 0. The van der Waals surface area contributed by atoms with E-state index in [1.54, 1.807) is 0 Å². The molecule has 0 atom stereocenters. The van der Waals surface area contributed by atoms with Crippen LogP contribution in [0, 0.1) is 22.7 Å². The van der Waals surface area contributed by atoms with Crippen LogP contribution in [0.5, 0.6) is 0 Å². The maximum absolute atomic E-state index is 10.3. The maximum atomic E-state index is 10.3. The number of nitrogens with zero attached hydrogens (tertiary/aromatic N) is 4. The van der Waals surface area contributed by atoms with Gasteiger partial charge in [-0.3, -0.25) is 0 Å². The largest absolute Gasteiger partial charge is 1.00 e. The molecule has 0 unspecified atom stereocenters. The zero-order chi connectivity index (χ0) is 15.0. The van der Waals surface area contributed by atoms with Crippen molar-refractivity contribution in [2.45, 2.75) is 0 Å². The molecule has 0 aromatic rings. The summed E-state index contributed by atoms with van der Waals surface area (Å²) in [6.07, 6.45) is 1.63. The Balaban J connectivity index is -0.000000116. The quantitative estimate of drug-likeness (QED) is 0.280. The van der Waals surface area contributed by atoms with Crippen molar-refractivity contribution in [2.24, 2.45) is 0 Å². The van der Waals surface area contributed by atoms with Gasteiger partial charge in [-0.1, -0.05) is 0 Å². The zero-order valence-corrected chi connectivity index (χ0v) is 12.9. The summed E-state index contributed by atoms with van der Waals surface area (Å²) >= 11 is 0. The second kappa shape index (κ2) is 11.8. The van der Waals surface area contributed by atoms with Crippen molar-refractivity contribution in [2.75, 3.05) is 12.5 Å². The SMILES string of the molecule is CS(=O)(=O)C(=C=[N-])C#N.CS(=O)(=O)C(=C=[N-])C#N.[Li+].[Li+]. The van der Waals surface area contributed by atoms with Crippen LogP contribution in [0.4, 0.5) is 0 Å². The smallest absolute Gasteiger partial charge is 0.762 e. The summed E-state index contributed by atoms with van der Waals surface area (Å²) in [4.78, 5) is -1.50. The van der Waals surface area contributed by atoms with Crippen LogP contribution in [0.25, 0.3) is 10.8 Å². The van der Waals surface area contributed by atoms with Gasteiger partial charge in [0.05, 0.1) is 0 Å². The molecule has 0 saturated heterocycles. The molecule has 0 aromatic carbocycles. The number of rotatable bonds is 2. The molecule has 0 aliphatic rings. The molecule has 12 heteroatoms. The Labute approximate surface area is 141 Å². The van der Waals surface area contributed by atoms with Crippen molar-refractivity contribution in [1.29, 1.82) is 10.5 Å². The van der Waals surface area contributed by atoms with E-state index in [0.29, 0.717) is 0 Å². The Morgan fingerprint density at radius 2 is 1.00 bits per heavy atom. The molecule has 96 valence electrons. The minimum atomic E-state index is -3.57. The number of hydrogen-bond acceptors (Lipinski definition) is 6. The fourth-order valence-corrected chi connectivity index (χ4v) is 1.04. The molecule has 0 aromatic heterocycles. The van der Waals surface area contributed by atoms with Crippen molar-refractivity contribution < 1.29 is 54.6 Å². The predicted octanol–water partition coefficient (Wildman–Crippen LogP) is -6.64. The summed E-state index contributed by atoms with van der Waals surface area (Å²) in [5.74, 6) is 2.52. The summed E-state index contributed by atoms with van der Waals surface area (Å²) < 4.78 is 41.2. The zero-order valence-electron chi connectivity index (χ0n) is 11.2. The molecule has 0 amide bonds. The average Bonchev–Trinajstić information content (AvgIpc) is 2.17. The van der Waals surface area contributed by atoms with Gasteiger partial charge in [-0.05, 0) is 0 Å². The Hall–Kier alpha value is -1.03. The van der Waals surface area contributed by atoms with Crippen molar-refractivity contribution in [3.63, 3.8) is 0 Å². The third kappa shape index (κ3) is 12.0. The predicted molar refractivity (Wildman–Crippen MR) is 64.7 cm³/mol. The van der Waals surface area contributed by atoms with E-state index in [1.807, 2.05) is 0 Å². The fourth-order valence-electron chi connectivity index (χ4n) is 0.382. The summed E-state index contributed by atoms with van der Waals surface area (Å²) in [7, 11) is -7.14. The fraction of sp³-hybridized carbons (Fsp3) is 0.250. The molecule has 0 spiro atoms. The standard InChI is InChI=1S/2C4H3N2O2S.2Li/c2*1-9(7,8)4(2-5)3-6;;/h2*1H3;;/q2*-1;2*+1. The Bertz CT molecular complexity index is 651. The molecule has 0 radical (unpaired) electrons. The normalized spacial score (nSPS) is 8.40. The molecular formula is C8H6Li2N4O4S2. The van der Waals surface area contributed by atoms with Crippen molar-refractivity contribution in [3.05, 3.63) is 20.6 Å². The summed E-state index contributed by atoms with van der Waals surface area (Å²) in [6, 6.07) is 2.52. The third-order valence-electron chi connectivity index (χ3n) is 1.15. The Kier molecular flexibility index (Phi) is 16.1. The van der Waals surface area contributed by atoms with Gasteiger partial charge in [0.15, 0.2) is 29.5 Å². The van der Waals surface area contributed by atoms with Gasteiger partial charge < -0.3 is 10.8 Å². The van der Waals surface area contributed by atoms with Crippen LogP contribution in [0.15, 0.2) is 9.81 Å². The first-order valence-corrected chi connectivity index (χ1v) is 7.57. The first kappa shape index (κ1) is 27.3. The van der Waals surface area contributed by atoms with Crippen LogP contribution in [-0.4, -0.2) is 41.1 Å². The van der Waals surface area contributed by atoms with E-state index in [2.05, 4.69) is 0 Å². The van der Waals surface area contributed by atoms with E-state index >= 15 is 0 Å². The van der Waals surface area contributed by atoms with E-state index in [4.69, 9.17) is 21.3 Å². The van der Waals surface area contributed by atoms with Crippen molar-refractivity contribution in [3.8, 4) is 12.1 Å². The Morgan fingerprint density at radius 1 is 0.800 bits per heavy atom. The minimum Gasteiger partial charge on any atom is -0.762 e. The Morgan fingerprint density at radius 3 is 1.00 bits per heavy atom. The minimum absolute atomic E-state index is 0. The molecule has 0 saturated carbocycles. The molecule has 20 heavy (non-hydrogen) atoms. The average molecular weight is 300 g/mol. The van der Waals surface area contributed by atoms with Crippen LogP contribution < -0.4 is 37.7 Å². The number of nitriles is 2. The van der Waals surface area contributed by atoms with Crippen LogP contribution in [-0.2, 0) is 19.7 Å². The van der Waals surface area contributed by atoms with Gasteiger partial charge in [-0.15, -0.1) is 0 Å². The van der Waals surface area contributed by atoms with Gasteiger partial charge in [-0.25, -0.2) is 28.6 Å². The first-order chi connectivity index (χ1) is 8.04. The number of sulfone groups is 2. The molecule has 0 aliphatic heterocycles. The molecule has 8 nitrogen and oxygen atoms in total. The maximum Gasteiger partial charge on any atom is 1.00 e. The number of hydrogen-bond donors (Lipinski definition) is 0. The molecule has 0 fully saturated rings. The van der Waals surface area contributed by atoms with Crippen LogP contribution in [0.1, 0.15) is 0 Å². The molecule has 0 rings (SSSR count). The third-order valence-corrected chi connectivity index (χ3v) is 3.00. The molecule has 0 N–H and O–H groups in total. The van der Waals surface area contributed by atoms with Crippen molar-refractivity contribution >= 4 is 31.4 Å². The molecule has 0 aliphatic carbocycles. The van der Waals surface area contributed by atoms with E-state index in [1.165, 1.54) is 23.9 Å². The van der Waals surface area contributed by atoms with Gasteiger partial charge in [0.1, 0.15) is 12.1 Å². The van der Waals surface area contributed by atoms with Gasteiger partial charge in [0.2, 0.25) is 0 Å². The topological polar surface area (TPSA) is 160 Å². The van der Waals surface area contributed by atoms with Gasteiger partial charge in [0.25, 0.3) is 0 Å². The van der Waals surface area contributed by atoms with Crippen LogP contribution >= 0.6 is 0 Å². The monoisotopic (exact) mass is 300 g/mol. The van der Waals surface area contributed by atoms with Crippen LogP contribution in [0.3, 0.4) is 0 Å². The first-order valence-electron chi connectivity index (χ1n) is 3.79. The number of allylic oxidation sites excluding steroid dienone is 2. The summed E-state index contributed by atoms with van der Waals surface area (Å²) in [5.41, 5.74) is 0. The molecule has 0 heterocycles. The van der Waals surface area contributed by atoms with E-state index in [9.17, 15) is 16.8 Å². The van der Waals surface area contributed by atoms with Crippen LogP contribution in [0.2, 0.25) is 0 Å². The van der Waals surface area contributed by atoms with E-state index in [0.717, 1.165) is 12.5 Å². The van der Waals surface area contributed by atoms with Gasteiger partial charge in [-0.2, -0.15) is 10.5 Å². The second-order valence-corrected chi connectivity index (χ2v) is 6.55. The molecule has 0 bridgehead atoms. The van der Waals surface area contributed by atoms with Gasteiger partial charge >= 0.3 is 37.7 Å². The second-order valence-electron chi connectivity index (χ2n) is 2.65. The van der Waals surface area contributed by atoms with Gasteiger partial charge in [0, 0.05) is 12.5 Å². The molecular weight excluding hydrogens is 294 g/mol. The summed E-state index contributed by atoms with van der Waals surface area (Å²) in [5, 5.41) is 31.9.